The molecule has 0 aliphatic carbocycles. The predicted octanol–water partition coefficient (Wildman–Crippen LogP) is 5.56. The fourth-order valence-corrected chi connectivity index (χ4v) is 6.11. The van der Waals surface area contributed by atoms with Gasteiger partial charge in [0.2, 0.25) is 5.75 Å². The van der Waals surface area contributed by atoms with Crippen LogP contribution in [0.25, 0.3) is 0 Å². The fraction of sp³-hybridized carbons (Fsp3) is 0.381. The summed E-state index contributed by atoms with van der Waals surface area (Å²) in [5.74, 6) is 4.22. The van der Waals surface area contributed by atoms with Gasteiger partial charge in [0.25, 0.3) is 0 Å². The van der Waals surface area contributed by atoms with E-state index >= 15 is 0 Å². The Morgan fingerprint density at radius 2 is 1.59 bits per heavy atom. The van der Waals surface area contributed by atoms with E-state index in [-0.39, 0.29) is 0 Å². The van der Waals surface area contributed by atoms with Crippen molar-refractivity contribution in [1.82, 2.24) is 0 Å². The molecule has 2 aromatic carbocycles. The third-order valence-corrected chi connectivity index (χ3v) is 7.61. The highest BCUT2D eigenvalue weighted by atomic mass is 32.2. The number of aliphatic imine (C=N–C) groups is 1. The molecule has 0 aromatic heterocycles. The Balaban J connectivity index is 2.17. The van der Waals surface area contributed by atoms with Gasteiger partial charge >= 0.3 is 0 Å². The van der Waals surface area contributed by atoms with Gasteiger partial charge in [-0.25, -0.2) is 0 Å². The van der Waals surface area contributed by atoms with Crippen LogP contribution in [0.4, 0.5) is 5.69 Å². The maximum atomic E-state index is 5.74. The molecule has 0 spiro atoms. The molecule has 1 fully saturated rings. The smallest absolute Gasteiger partial charge is 0.203 e. The van der Waals surface area contributed by atoms with E-state index in [4.69, 9.17) is 19.2 Å². The topological polar surface area (TPSA) is 40.0 Å². The Morgan fingerprint density at radius 1 is 0.963 bits per heavy atom. The van der Waals surface area contributed by atoms with Crippen molar-refractivity contribution in [3.05, 3.63) is 46.5 Å². The van der Waals surface area contributed by atoms with Crippen LogP contribution in [0.1, 0.15) is 26.8 Å². The first-order valence-electron chi connectivity index (χ1n) is 8.77. The van der Waals surface area contributed by atoms with E-state index in [0.717, 1.165) is 39.4 Å². The summed E-state index contributed by atoms with van der Waals surface area (Å²) >= 11 is 3.88. The highest BCUT2D eigenvalue weighted by Crippen LogP contribution is 2.51. The quantitative estimate of drug-likeness (QED) is 0.591. The summed E-state index contributed by atoms with van der Waals surface area (Å²) in [6, 6.07) is 8.27. The lowest BCUT2D eigenvalue weighted by Gasteiger charge is -2.20. The van der Waals surface area contributed by atoms with Crippen LogP contribution >= 0.6 is 23.5 Å². The van der Waals surface area contributed by atoms with Crippen LogP contribution in [-0.2, 0) is 0 Å². The number of benzene rings is 2. The molecule has 0 amide bonds. The largest absolute Gasteiger partial charge is 0.493 e. The second-order valence-electron chi connectivity index (χ2n) is 6.22. The van der Waals surface area contributed by atoms with Gasteiger partial charge in [0, 0.05) is 23.3 Å². The van der Waals surface area contributed by atoms with Gasteiger partial charge in [-0.2, -0.15) is 0 Å². The predicted molar refractivity (Wildman–Crippen MR) is 117 cm³/mol. The molecule has 0 saturated carbocycles. The molecule has 4 nitrogen and oxygen atoms in total. The third kappa shape index (κ3) is 4.06. The Kier molecular flexibility index (Phi) is 6.60. The SMILES string of the molecule is COc1cc(C2SCCS2)c(C=Nc2c(C)cccc2C)c(OC)c1OC. The molecule has 1 aliphatic heterocycles. The molecule has 1 saturated heterocycles. The standard InChI is InChI=1S/C21H25NO3S2/c1-13-7-6-8-14(2)18(13)22-12-16-15(21-26-9-10-27-21)11-17(23-3)20(25-5)19(16)24-4/h6-8,11-12,21H,9-10H2,1-5H3. The van der Waals surface area contributed by atoms with Gasteiger partial charge in [0.05, 0.1) is 31.6 Å². The van der Waals surface area contributed by atoms with E-state index in [2.05, 4.69) is 38.1 Å². The molecule has 3 rings (SSSR count). The maximum Gasteiger partial charge on any atom is 0.203 e. The zero-order valence-corrected chi connectivity index (χ0v) is 18.0. The van der Waals surface area contributed by atoms with E-state index in [1.807, 2.05) is 29.7 Å². The first kappa shape index (κ1) is 20.0. The number of ether oxygens (including phenoxy) is 3. The van der Waals surface area contributed by atoms with E-state index in [1.165, 1.54) is 0 Å². The Labute approximate surface area is 169 Å². The Morgan fingerprint density at radius 3 is 2.15 bits per heavy atom. The van der Waals surface area contributed by atoms with Crippen molar-refractivity contribution < 1.29 is 14.2 Å². The number of hydrogen-bond donors (Lipinski definition) is 0. The van der Waals surface area contributed by atoms with Crippen molar-refractivity contribution in [2.45, 2.75) is 18.4 Å². The number of para-hydroxylation sites is 1. The summed E-state index contributed by atoms with van der Waals surface area (Å²) in [6.45, 7) is 4.16. The zero-order chi connectivity index (χ0) is 19.4. The van der Waals surface area contributed by atoms with Crippen molar-refractivity contribution in [1.29, 1.82) is 0 Å². The molecule has 1 heterocycles. The molecule has 6 heteroatoms. The van der Waals surface area contributed by atoms with Crippen LogP contribution < -0.4 is 14.2 Å². The molecule has 0 bridgehead atoms. The molecular weight excluding hydrogens is 378 g/mol. The highest BCUT2D eigenvalue weighted by Gasteiger charge is 2.27. The summed E-state index contributed by atoms with van der Waals surface area (Å²) in [5.41, 5.74) is 5.40. The zero-order valence-electron chi connectivity index (χ0n) is 16.4. The lowest BCUT2D eigenvalue weighted by atomic mass is 10.1. The summed E-state index contributed by atoms with van der Waals surface area (Å²) < 4.78 is 17.2. The van der Waals surface area contributed by atoms with Crippen LogP contribution in [-0.4, -0.2) is 39.0 Å². The van der Waals surface area contributed by atoms with Gasteiger partial charge in [0.15, 0.2) is 11.5 Å². The Bertz CT molecular complexity index is 826. The normalized spacial score (nSPS) is 14.7. The van der Waals surface area contributed by atoms with Gasteiger partial charge in [-0.3, -0.25) is 4.99 Å². The summed E-state index contributed by atoms with van der Waals surface area (Å²) in [7, 11) is 4.94. The van der Waals surface area contributed by atoms with Gasteiger partial charge < -0.3 is 14.2 Å². The van der Waals surface area contributed by atoms with Crippen LogP contribution in [0, 0.1) is 13.8 Å². The minimum absolute atomic E-state index is 0.332. The van der Waals surface area contributed by atoms with E-state index in [9.17, 15) is 0 Å². The number of aryl methyl sites for hydroxylation is 2. The second-order valence-corrected chi connectivity index (χ2v) is 8.94. The van der Waals surface area contributed by atoms with E-state index < -0.39 is 0 Å². The molecule has 27 heavy (non-hydrogen) atoms. The molecule has 0 unspecified atom stereocenters. The lowest BCUT2D eigenvalue weighted by molar-refractivity contribution is 0.323. The first-order valence-corrected chi connectivity index (χ1v) is 10.9. The molecule has 0 N–H and O–H groups in total. The summed E-state index contributed by atoms with van der Waals surface area (Å²) in [4.78, 5) is 4.83. The van der Waals surface area contributed by atoms with Gasteiger partial charge in [-0.15, -0.1) is 23.5 Å². The van der Waals surface area contributed by atoms with E-state index in [0.29, 0.717) is 21.8 Å². The van der Waals surface area contributed by atoms with Crippen LogP contribution in [0.2, 0.25) is 0 Å². The van der Waals surface area contributed by atoms with Gasteiger partial charge in [-0.1, -0.05) is 18.2 Å². The van der Waals surface area contributed by atoms with Crippen LogP contribution in [0.15, 0.2) is 29.3 Å². The molecular formula is C21H25NO3S2. The van der Waals surface area contributed by atoms with Crippen molar-refractivity contribution in [2.24, 2.45) is 4.99 Å². The number of methoxy groups -OCH3 is 3. The van der Waals surface area contributed by atoms with Crippen LogP contribution in [0.3, 0.4) is 0 Å². The molecule has 0 radical (unpaired) electrons. The number of rotatable bonds is 6. The van der Waals surface area contributed by atoms with Gasteiger partial charge in [-0.05, 0) is 36.6 Å². The maximum absolute atomic E-state index is 5.74. The molecule has 1 aliphatic rings. The monoisotopic (exact) mass is 403 g/mol. The average molecular weight is 404 g/mol. The number of thioether (sulfide) groups is 2. The lowest BCUT2D eigenvalue weighted by Crippen LogP contribution is -2.04. The van der Waals surface area contributed by atoms with Crippen molar-refractivity contribution in [3.63, 3.8) is 0 Å². The summed E-state index contributed by atoms with van der Waals surface area (Å²) in [5, 5.41) is 0. The van der Waals surface area contributed by atoms with E-state index in [1.54, 1.807) is 21.3 Å². The third-order valence-electron chi connectivity index (χ3n) is 4.54. The van der Waals surface area contributed by atoms with Crippen molar-refractivity contribution in [3.8, 4) is 17.2 Å². The summed E-state index contributed by atoms with van der Waals surface area (Å²) in [6.07, 6.45) is 1.91. The van der Waals surface area contributed by atoms with Crippen molar-refractivity contribution >= 4 is 35.4 Å². The second kappa shape index (κ2) is 8.93. The fourth-order valence-electron chi connectivity index (χ4n) is 3.20. The minimum atomic E-state index is 0.332. The Hall–Kier alpha value is -1.79. The van der Waals surface area contributed by atoms with Gasteiger partial charge in [0.1, 0.15) is 0 Å². The van der Waals surface area contributed by atoms with Crippen LogP contribution in [0.5, 0.6) is 17.2 Å². The number of hydrogen-bond acceptors (Lipinski definition) is 6. The van der Waals surface area contributed by atoms with Crippen molar-refractivity contribution in [2.75, 3.05) is 32.8 Å². The molecule has 0 atom stereocenters. The number of nitrogens with zero attached hydrogens (tertiary/aromatic N) is 1. The first-order chi connectivity index (χ1) is 13.1. The molecule has 144 valence electrons. The average Bonchev–Trinajstić information content (AvgIpc) is 3.21. The highest BCUT2D eigenvalue weighted by molar-refractivity contribution is 8.19. The minimum Gasteiger partial charge on any atom is -0.493 e. The molecule has 2 aromatic rings.